The molecule has 0 spiro atoms. The lowest BCUT2D eigenvalue weighted by Crippen LogP contribution is -2.57. The van der Waals surface area contributed by atoms with E-state index in [-0.39, 0.29) is 12.8 Å². The lowest BCUT2D eigenvalue weighted by Gasteiger charge is -2.23. The molecule has 0 fully saturated rings. The smallest absolute Gasteiger partial charge is 0.326 e. The Bertz CT molecular complexity index is 1300. The van der Waals surface area contributed by atoms with E-state index >= 15 is 0 Å². The van der Waals surface area contributed by atoms with Gasteiger partial charge in [-0.3, -0.25) is 19.2 Å². The van der Waals surface area contributed by atoms with Crippen LogP contribution >= 0.6 is 0 Å². The van der Waals surface area contributed by atoms with E-state index < -0.39 is 60.2 Å². The number of carbonyl (C=O) groups is 5. The van der Waals surface area contributed by atoms with Crippen LogP contribution in [-0.2, 0) is 36.8 Å². The first kappa shape index (κ1) is 27.9. The lowest BCUT2D eigenvalue weighted by atomic mass is 10.0. The topological polar surface area (TPSA) is 232 Å². The van der Waals surface area contributed by atoms with Gasteiger partial charge in [0.25, 0.3) is 0 Å². The van der Waals surface area contributed by atoms with Gasteiger partial charge in [0.2, 0.25) is 17.7 Å². The first-order valence-electron chi connectivity index (χ1n) is 11.7. The highest BCUT2D eigenvalue weighted by Crippen LogP contribution is 2.19. The Morgan fingerprint density at radius 1 is 0.947 bits per heavy atom. The number of hydrogen-bond donors (Lipinski definition) is 8. The van der Waals surface area contributed by atoms with E-state index in [0.29, 0.717) is 11.3 Å². The van der Waals surface area contributed by atoms with E-state index in [9.17, 15) is 29.1 Å². The van der Waals surface area contributed by atoms with Gasteiger partial charge in [-0.1, -0.05) is 18.2 Å². The van der Waals surface area contributed by atoms with Gasteiger partial charge < -0.3 is 41.9 Å². The number of hydrogen-bond acceptors (Lipinski definition) is 7. The summed E-state index contributed by atoms with van der Waals surface area (Å²) in [6.45, 7) is 1.34. The maximum Gasteiger partial charge on any atom is 0.326 e. The zero-order chi connectivity index (χ0) is 27.8. The van der Waals surface area contributed by atoms with Crippen molar-refractivity contribution in [1.29, 1.82) is 0 Å². The molecule has 202 valence electrons. The van der Waals surface area contributed by atoms with E-state index in [1.165, 1.54) is 19.4 Å². The van der Waals surface area contributed by atoms with Crippen LogP contribution < -0.4 is 21.7 Å². The zero-order valence-electron chi connectivity index (χ0n) is 20.4. The number of fused-ring (bicyclic) bond motifs is 1. The number of nitrogens with zero attached hydrogens (tertiary/aromatic N) is 1. The average molecular weight is 528 g/mol. The molecule has 0 aliphatic carbocycles. The zero-order valence-corrected chi connectivity index (χ0v) is 20.4. The summed E-state index contributed by atoms with van der Waals surface area (Å²) < 4.78 is 0. The molecule has 2 heterocycles. The summed E-state index contributed by atoms with van der Waals surface area (Å²) in [5.74, 6) is -4.91. The molecule has 3 rings (SSSR count). The van der Waals surface area contributed by atoms with Crippen LogP contribution in [0.5, 0.6) is 0 Å². The number of nitrogens with two attached hydrogens (primary N) is 1. The number of aromatic nitrogens is 3. The molecule has 0 saturated carbocycles. The SMILES string of the molecule is CC(NC(=O)C(N)CC(=O)O)C(=O)NC(Cc1cnc[nH]1)C(=O)NC(Cc1c[nH]c2ccccc12)C(=O)O. The van der Waals surface area contributed by atoms with Gasteiger partial charge in [-0.15, -0.1) is 0 Å². The molecule has 4 atom stereocenters. The van der Waals surface area contributed by atoms with E-state index in [1.807, 2.05) is 24.3 Å². The van der Waals surface area contributed by atoms with Crippen molar-refractivity contribution in [2.75, 3.05) is 0 Å². The molecule has 14 heteroatoms. The molecule has 2 aromatic heterocycles. The van der Waals surface area contributed by atoms with Crippen molar-refractivity contribution in [3.63, 3.8) is 0 Å². The van der Waals surface area contributed by atoms with Crippen LogP contribution in [0.4, 0.5) is 0 Å². The third-order valence-corrected chi connectivity index (χ3v) is 5.81. The Morgan fingerprint density at radius 2 is 1.66 bits per heavy atom. The summed E-state index contributed by atoms with van der Waals surface area (Å²) in [6.07, 6.45) is 3.83. The van der Waals surface area contributed by atoms with Crippen LogP contribution in [0.25, 0.3) is 10.9 Å². The molecule has 3 aromatic rings. The van der Waals surface area contributed by atoms with Crippen LogP contribution in [0.3, 0.4) is 0 Å². The van der Waals surface area contributed by atoms with Gasteiger partial charge in [0.05, 0.1) is 18.8 Å². The molecule has 0 saturated heterocycles. The molecule has 0 radical (unpaired) electrons. The summed E-state index contributed by atoms with van der Waals surface area (Å²) in [5, 5.41) is 26.7. The molecule has 9 N–H and O–H groups in total. The van der Waals surface area contributed by atoms with Gasteiger partial charge in [0.1, 0.15) is 18.1 Å². The Labute approximate surface area is 216 Å². The lowest BCUT2D eigenvalue weighted by molar-refractivity contribution is -0.142. The van der Waals surface area contributed by atoms with Crippen molar-refractivity contribution in [2.24, 2.45) is 5.73 Å². The Morgan fingerprint density at radius 3 is 2.32 bits per heavy atom. The van der Waals surface area contributed by atoms with Gasteiger partial charge in [-0.25, -0.2) is 9.78 Å². The molecular formula is C24H29N7O7. The monoisotopic (exact) mass is 527 g/mol. The fourth-order valence-electron chi connectivity index (χ4n) is 3.78. The number of para-hydroxylation sites is 1. The summed E-state index contributed by atoms with van der Waals surface area (Å²) in [7, 11) is 0. The maximum absolute atomic E-state index is 13.2. The number of imidazole rings is 1. The van der Waals surface area contributed by atoms with Gasteiger partial charge in [0, 0.05) is 41.8 Å². The number of amides is 3. The van der Waals surface area contributed by atoms with Crippen molar-refractivity contribution in [2.45, 2.75) is 50.4 Å². The molecular weight excluding hydrogens is 498 g/mol. The van der Waals surface area contributed by atoms with Gasteiger partial charge in [-0.2, -0.15) is 0 Å². The Balaban J connectivity index is 1.71. The number of aliphatic carboxylic acids is 2. The van der Waals surface area contributed by atoms with Gasteiger partial charge in [0.15, 0.2) is 0 Å². The van der Waals surface area contributed by atoms with Crippen molar-refractivity contribution in [3.05, 3.63) is 54.2 Å². The summed E-state index contributed by atoms with van der Waals surface area (Å²) in [4.78, 5) is 70.6. The van der Waals surface area contributed by atoms with Crippen LogP contribution in [0.15, 0.2) is 43.0 Å². The molecule has 14 nitrogen and oxygen atoms in total. The van der Waals surface area contributed by atoms with Crippen molar-refractivity contribution in [3.8, 4) is 0 Å². The van der Waals surface area contributed by atoms with Crippen molar-refractivity contribution < 1.29 is 34.2 Å². The fourth-order valence-corrected chi connectivity index (χ4v) is 3.78. The minimum absolute atomic E-state index is 0.0102. The Hall–Kier alpha value is -4.72. The minimum atomic E-state index is -1.37. The van der Waals surface area contributed by atoms with Crippen LogP contribution in [-0.4, -0.2) is 79.0 Å². The fraction of sp³-hybridized carbons (Fsp3) is 0.333. The summed E-state index contributed by atoms with van der Waals surface area (Å²) in [5.41, 5.74) is 7.53. The number of rotatable bonds is 13. The van der Waals surface area contributed by atoms with Crippen LogP contribution in [0, 0.1) is 0 Å². The molecule has 38 heavy (non-hydrogen) atoms. The number of carboxylic acids is 2. The summed E-state index contributed by atoms with van der Waals surface area (Å²) in [6, 6.07) is 2.28. The Kier molecular flexibility index (Phi) is 9.16. The third kappa shape index (κ3) is 7.39. The molecule has 0 aliphatic heterocycles. The second-order valence-corrected chi connectivity index (χ2v) is 8.74. The number of carbonyl (C=O) groups excluding carboxylic acids is 3. The van der Waals surface area contributed by atoms with E-state index in [2.05, 4.69) is 30.9 Å². The number of nitrogens with one attached hydrogen (secondary N) is 5. The van der Waals surface area contributed by atoms with E-state index in [1.54, 1.807) is 6.20 Å². The number of carboxylic acid groups (broad SMARTS) is 2. The minimum Gasteiger partial charge on any atom is -0.481 e. The largest absolute Gasteiger partial charge is 0.481 e. The normalized spacial score (nSPS) is 14.2. The highest BCUT2D eigenvalue weighted by molar-refractivity contribution is 5.95. The van der Waals surface area contributed by atoms with Crippen LogP contribution in [0.2, 0.25) is 0 Å². The quantitative estimate of drug-likeness (QED) is 0.136. The molecule has 1 aromatic carbocycles. The summed E-state index contributed by atoms with van der Waals surface area (Å²) >= 11 is 0. The average Bonchev–Trinajstić information content (AvgIpc) is 3.52. The third-order valence-electron chi connectivity index (χ3n) is 5.81. The maximum atomic E-state index is 13.2. The predicted molar refractivity (Wildman–Crippen MR) is 134 cm³/mol. The van der Waals surface area contributed by atoms with Gasteiger partial charge >= 0.3 is 11.9 Å². The molecule has 0 bridgehead atoms. The number of aromatic amines is 2. The standard InChI is InChI=1S/C24H29N7O7/c1-12(29-22(35)16(25)8-20(32)33)21(34)30-18(7-14-10-26-11-28-14)23(36)31-19(24(37)38)6-13-9-27-17-5-3-2-4-15(13)17/h2-5,9-12,16,18-19,27H,6-8,25H2,1H3,(H,26,28)(H,29,35)(H,30,34)(H,31,36)(H,32,33)(H,37,38). The molecule has 3 amide bonds. The second kappa shape index (κ2) is 12.5. The first-order chi connectivity index (χ1) is 18.0. The van der Waals surface area contributed by atoms with E-state index in [4.69, 9.17) is 10.8 Å². The predicted octanol–water partition coefficient (Wildman–Crippen LogP) is -0.963. The van der Waals surface area contributed by atoms with Crippen LogP contribution in [0.1, 0.15) is 24.6 Å². The van der Waals surface area contributed by atoms with E-state index in [0.717, 1.165) is 10.9 Å². The van der Waals surface area contributed by atoms with Crippen molar-refractivity contribution >= 4 is 40.6 Å². The highest BCUT2D eigenvalue weighted by atomic mass is 16.4. The first-order valence-corrected chi connectivity index (χ1v) is 11.7. The molecule has 0 aliphatic rings. The van der Waals surface area contributed by atoms with Crippen molar-refractivity contribution in [1.82, 2.24) is 30.9 Å². The number of H-pyrrole nitrogens is 2. The highest BCUT2D eigenvalue weighted by Gasteiger charge is 2.30. The molecule has 4 unspecified atom stereocenters. The van der Waals surface area contributed by atoms with Gasteiger partial charge in [-0.05, 0) is 18.6 Å². The second-order valence-electron chi connectivity index (χ2n) is 8.74. The number of benzene rings is 1.